The van der Waals surface area contributed by atoms with Gasteiger partial charge in [0.25, 0.3) is 0 Å². The van der Waals surface area contributed by atoms with Crippen LogP contribution in [0.4, 0.5) is 5.69 Å². The molecule has 0 aliphatic heterocycles. The van der Waals surface area contributed by atoms with Gasteiger partial charge in [0.1, 0.15) is 0 Å². The monoisotopic (exact) mass is 202 g/mol. The molecule has 1 radical (unpaired) electrons. The third-order valence-electron chi connectivity index (χ3n) is 2.95. The molecule has 1 saturated carbocycles. The molecule has 0 saturated heterocycles. The highest BCUT2D eigenvalue weighted by Crippen LogP contribution is 2.24. The van der Waals surface area contributed by atoms with Crippen LogP contribution in [0.3, 0.4) is 0 Å². The summed E-state index contributed by atoms with van der Waals surface area (Å²) in [6.45, 7) is 0. The Hall–Kier alpha value is -1.31. The number of carbonyl (C=O) groups excluding carboxylic acids is 1. The molecule has 0 aromatic heterocycles. The lowest BCUT2D eigenvalue weighted by Gasteiger charge is -2.19. The summed E-state index contributed by atoms with van der Waals surface area (Å²) in [5.41, 5.74) is 0.785. The summed E-state index contributed by atoms with van der Waals surface area (Å²) >= 11 is 0. The number of nitrogens with zero attached hydrogens (tertiary/aromatic N) is 1. The topological polar surface area (TPSA) is 31.2 Å². The predicted molar refractivity (Wildman–Crippen MR) is 59.8 cm³/mol. The quantitative estimate of drug-likeness (QED) is 0.725. The maximum atomic E-state index is 11.8. The molecule has 0 atom stereocenters. The van der Waals surface area contributed by atoms with Gasteiger partial charge in [0.05, 0.1) is 5.69 Å². The van der Waals surface area contributed by atoms with E-state index in [1.165, 1.54) is 19.3 Å². The van der Waals surface area contributed by atoms with E-state index in [9.17, 15) is 4.79 Å². The fraction of sp³-hybridized carbons (Fsp3) is 0.462. The lowest BCUT2D eigenvalue weighted by atomic mass is 9.88. The SMILES string of the molecule is O=C([N]c1ccccc1)C1CCCCC1. The van der Waals surface area contributed by atoms with Crippen LogP contribution in [-0.2, 0) is 4.79 Å². The van der Waals surface area contributed by atoms with Gasteiger partial charge in [0.2, 0.25) is 5.91 Å². The molecule has 1 aromatic rings. The van der Waals surface area contributed by atoms with E-state index in [-0.39, 0.29) is 11.8 Å². The van der Waals surface area contributed by atoms with Gasteiger partial charge in [-0.15, -0.1) is 0 Å². The first-order valence-corrected chi connectivity index (χ1v) is 5.67. The zero-order valence-corrected chi connectivity index (χ0v) is 8.86. The van der Waals surface area contributed by atoms with Crippen LogP contribution in [0.2, 0.25) is 0 Å². The minimum absolute atomic E-state index is 0.0703. The Morgan fingerprint density at radius 1 is 1.07 bits per heavy atom. The summed E-state index contributed by atoms with van der Waals surface area (Å²) in [6.07, 6.45) is 5.68. The summed E-state index contributed by atoms with van der Waals surface area (Å²) in [5.74, 6) is 0.250. The van der Waals surface area contributed by atoms with E-state index in [4.69, 9.17) is 0 Å². The van der Waals surface area contributed by atoms with Crippen molar-refractivity contribution in [2.24, 2.45) is 5.92 Å². The van der Waals surface area contributed by atoms with Gasteiger partial charge in [0.15, 0.2) is 0 Å². The van der Waals surface area contributed by atoms with Crippen molar-refractivity contribution in [3.05, 3.63) is 30.3 Å². The van der Waals surface area contributed by atoms with Gasteiger partial charge < -0.3 is 0 Å². The molecule has 15 heavy (non-hydrogen) atoms. The van der Waals surface area contributed by atoms with Crippen molar-refractivity contribution in [3.63, 3.8) is 0 Å². The summed E-state index contributed by atoms with van der Waals surface area (Å²) in [6, 6.07) is 9.51. The normalized spacial score (nSPS) is 17.3. The Morgan fingerprint density at radius 2 is 1.73 bits per heavy atom. The second-order valence-corrected chi connectivity index (χ2v) is 4.12. The Balaban J connectivity index is 1.91. The van der Waals surface area contributed by atoms with Crippen molar-refractivity contribution in [3.8, 4) is 0 Å². The van der Waals surface area contributed by atoms with Gasteiger partial charge in [-0.25, -0.2) is 5.32 Å². The van der Waals surface area contributed by atoms with Gasteiger partial charge in [-0.2, -0.15) is 0 Å². The fourth-order valence-electron chi connectivity index (χ4n) is 2.07. The van der Waals surface area contributed by atoms with Crippen molar-refractivity contribution >= 4 is 11.6 Å². The first-order valence-electron chi connectivity index (χ1n) is 5.67. The minimum Gasteiger partial charge on any atom is -0.272 e. The zero-order chi connectivity index (χ0) is 10.5. The van der Waals surface area contributed by atoms with Crippen LogP contribution in [0.1, 0.15) is 32.1 Å². The highest BCUT2D eigenvalue weighted by Gasteiger charge is 2.21. The summed E-state index contributed by atoms with van der Waals surface area (Å²) in [5, 5.41) is 4.14. The van der Waals surface area contributed by atoms with E-state index in [1.807, 2.05) is 30.3 Å². The molecule has 1 aliphatic carbocycles. The van der Waals surface area contributed by atoms with Gasteiger partial charge in [-0.05, 0) is 25.0 Å². The standard InChI is InChI=1S/C13H16NO/c15-13(11-7-3-1-4-8-11)14-12-9-5-2-6-10-12/h2,5-6,9-11H,1,3-4,7-8H2. The maximum absolute atomic E-state index is 11.8. The highest BCUT2D eigenvalue weighted by atomic mass is 16.1. The minimum atomic E-state index is 0.0703. The Morgan fingerprint density at radius 3 is 2.40 bits per heavy atom. The maximum Gasteiger partial charge on any atom is 0.249 e. The average Bonchev–Trinajstić information content (AvgIpc) is 2.31. The van der Waals surface area contributed by atoms with Crippen molar-refractivity contribution in [1.29, 1.82) is 0 Å². The number of para-hydroxylation sites is 1. The first-order chi connectivity index (χ1) is 7.36. The number of hydrogen-bond donors (Lipinski definition) is 0. The number of rotatable bonds is 2. The second-order valence-electron chi connectivity index (χ2n) is 4.12. The Labute approximate surface area is 90.7 Å². The van der Waals surface area contributed by atoms with Gasteiger partial charge in [0, 0.05) is 5.92 Å². The van der Waals surface area contributed by atoms with Gasteiger partial charge >= 0.3 is 0 Å². The van der Waals surface area contributed by atoms with Crippen molar-refractivity contribution in [2.75, 3.05) is 0 Å². The highest BCUT2D eigenvalue weighted by molar-refractivity contribution is 5.82. The van der Waals surface area contributed by atoms with Crippen LogP contribution in [0.15, 0.2) is 30.3 Å². The molecule has 79 valence electrons. The van der Waals surface area contributed by atoms with Gasteiger partial charge in [-0.1, -0.05) is 37.5 Å². The molecule has 0 N–H and O–H groups in total. The van der Waals surface area contributed by atoms with E-state index in [0.717, 1.165) is 18.5 Å². The summed E-state index contributed by atoms with van der Waals surface area (Å²) in [4.78, 5) is 11.8. The zero-order valence-electron chi connectivity index (χ0n) is 8.86. The van der Waals surface area contributed by atoms with Crippen LogP contribution in [0.5, 0.6) is 0 Å². The third-order valence-corrected chi connectivity index (χ3v) is 2.95. The smallest absolute Gasteiger partial charge is 0.249 e. The second kappa shape index (κ2) is 4.96. The predicted octanol–water partition coefficient (Wildman–Crippen LogP) is 3.03. The molecule has 2 nitrogen and oxygen atoms in total. The van der Waals surface area contributed by atoms with Crippen LogP contribution in [0.25, 0.3) is 0 Å². The molecule has 1 amide bonds. The molecular weight excluding hydrogens is 186 g/mol. The molecule has 0 unspecified atom stereocenters. The van der Waals surface area contributed by atoms with Crippen LogP contribution >= 0.6 is 0 Å². The largest absolute Gasteiger partial charge is 0.272 e. The molecule has 0 heterocycles. The molecule has 1 aromatic carbocycles. The molecule has 0 bridgehead atoms. The Bertz CT molecular complexity index is 315. The van der Waals surface area contributed by atoms with E-state index in [1.54, 1.807) is 0 Å². The number of amides is 1. The van der Waals surface area contributed by atoms with Crippen LogP contribution < -0.4 is 5.32 Å². The molecular formula is C13H16NO. The lowest BCUT2D eigenvalue weighted by Crippen LogP contribution is -2.23. The van der Waals surface area contributed by atoms with E-state index < -0.39 is 0 Å². The molecule has 0 spiro atoms. The Kier molecular flexibility index (Phi) is 3.38. The molecule has 2 rings (SSSR count). The molecule has 1 fully saturated rings. The lowest BCUT2D eigenvalue weighted by molar-refractivity contribution is -0.125. The first kappa shape index (κ1) is 10.2. The van der Waals surface area contributed by atoms with Crippen molar-refractivity contribution < 1.29 is 4.79 Å². The fourth-order valence-corrected chi connectivity index (χ4v) is 2.07. The van der Waals surface area contributed by atoms with Gasteiger partial charge in [-0.3, -0.25) is 4.79 Å². The average molecular weight is 202 g/mol. The number of carbonyl (C=O) groups is 1. The van der Waals surface area contributed by atoms with Crippen LogP contribution in [-0.4, -0.2) is 5.91 Å². The molecule has 1 aliphatic rings. The van der Waals surface area contributed by atoms with Crippen LogP contribution in [0, 0.1) is 5.92 Å². The number of hydrogen-bond acceptors (Lipinski definition) is 1. The van der Waals surface area contributed by atoms with E-state index in [0.29, 0.717) is 0 Å². The molecule has 2 heteroatoms. The van der Waals surface area contributed by atoms with Crippen molar-refractivity contribution in [2.45, 2.75) is 32.1 Å². The van der Waals surface area contributed by atoms with E-state index >= 15 is 0 Å². The van der Waals surface area contributed by atoms with Crippen molar-refractivity contribution in [1.82, 2.24) is 5.32 Å². The number of benzene rings is 1. The summed E-state index contributed by atoms with van der Waals surface area (Å²) in [7, 11) is 0. The van der Waals surface area contributed by atoms with E-state index in [2.05, 4.69) is 5.32 Å². The third kappa shape index (κ3) is 2.82. The summed E-state index contributed by atoms with van der Waals surface area (Å²) < 4.78 is 0.